The van der Waals surface area contributed by atoms with Gasteiger partial charge in [0.15, 0.2) is 9.84 Å². The number of sulfone groups is 1. The number of carbonyl (C=O) groups is 1. The molecular formula is C12H23NO5S. The Balaban J connectivity index is 2.37. The summed E-state index contributed by atoms with van der Waals surface area (Å²) in [6.07, 6.45) is 0.667. The molecule has 0 spiro atoms. The summed E-state index contributed by atoms with van der Waals surface area (Å²) in [5.74, 6) is 0.111. The summed E-state index contributed by atoms with van der Waals surface area (Å²) < 4.78 is 33.4. The van der Waals surface area contributed by atoms with Gasteiger partial charge in [0, 0.05) is 25.4 Å². The summed E-state index contributed by atoms with van der Waals surface area (Å²) in [6.45, 7) is 4.17. The van der Waals surface area contributed by atoms with Crippen molar-refractivity contribution in [2.45, 2.75) is 25.9 Å². The van der Waals surface area contributed by atoms with Crippen LogP contribution < -0.4 is 0 Å². The predicted octanol–water partition coefficient (Wildman–Crippen LogP) is 0.0751. The SMILES string of the molecule is CCCS(=O)(=O)CCN1CCOC(CC(=O)OC)C1. The van der Waals surface area contributed by atoms with Crippen molar-refractivity contribution in [2.75, 3.05) is 44.9 Å². The van der Waals surface area contributed by atoms with Crippen LogP contribution in [0.3, 0.4) is 0 Å². The lowest BCUT2D eigenvalue weighted by Crippen LogP contribution is -2.45. The number of hydrogen-bond acceptors (Lipinski definition) is 6. The Labute approximate surface area is 115 Å². The first kappa shape index (κ1) is 16.4. The van der Waals surface area contributed by atoms with Crippen LogP contribution in [0.1, 0.15) is 19.8 Å². The quantitative estimate of drug-likeness (QED) is 0.619. The second kappa shape index (κ2) is 7.81. The molecule has 0 radical (unpaired) electrons. The maximum atomic E-state index is 11.6. The van der Waals surface area contributed by atoms with E-state index < -0.39 is 9.84 Å². The van der Waals surface area contributed by atoms with E-state index in [1.165, 1.54) is 7.11 Å². The Morgan fingerprint density at radius 1 is 1.42 bits per heavy atom. The first-order chi connectivity index (χ1) is 8.96. The van der Waals surface area contributed by atoms with Crippen LogP contribution in [0.15, 0.2) is 0 Å². The van der Waals surface area contributed by atoms with Gasteiger partial charge in [-0.3, -0.25) is 9.69 Å². The topological polar surface area (TPSA) is 72.9 Å². The molecule has 7 heteroatoms. The van der Waals surface area contributed by atoms with Crippen LogP contribution in [-0.2, 0) is 24.1 Å². The van der Waals surface area contributed by atoms with Crippen molar-refractivity contribution >= 4 is 15.8 Å². The molecule has 6 nitrogen and oxygen atoms in total. The van der Waals surface area contributed by atoms with Gasteiger partial charge < -0.3 is 9.47 Å². The van der Waals surface area contributed by atoms with Crippen LogP contribution in [-0.4, -0.2) is 70.2 Å². The van der Waals surface area contributed by atoms with Crippen molar-refractivity contribution in [1.29, 1.82) is 0 Å². The molecule has 0 amide bonds. The normalized spacial score (nSPS) is 21.3. The molecule has 0 aromatic rings. The van der Waals surface area contributed by atoms with Gasteiger partial charge in [0.25, 0.3) is 0 Å². The third-order valence-corrected chi connectivity index (χ3v) is 4.91. The lowest BCUT2D eigenvalue weighted by atomic mass is 10.2. The van der Waals surface area contributed by atoms with Gasteiger partial charge in [-0.25, -0.2) is 8.42 Å². The highest BCUT2D eigenvalue weighted by Gasteiger charge is 2.24. The summed E-state index contributed by atoms with van der Waals surface area (Å²) in [6, 6.07) is 0. The van der Waals surface area contributed by atoms with Crippen molar-refractivity contribution in [3.05, 3.63) is 0 Å². The van der Waals surface area contributed by atoms with Crippen molar-refractivity contribution in [3.63, 3.8) is 0 Å². The standard InChI is InChI=1S/C12H23NO5S/c1-3-7-19(15,16)8-5-13-4-6-18-11(10-13)9-12(14)17-2/h11H,3-10H2,1-2H3. The second-order valence-corrected chi connectivity index (χ2v) is 7.03. The van der Waals surface area contributed by atoms with Crippen LogP contribution in [0.2, 0.25) is 0 Å². The molecule has 0 saturated carbocycles. The molecule has 0 N–H and O–H groups in total. The molecule has 1 aliphatic heterocycles. The average molecular weight is 293 g/mol. The number of rotatable bonds is 7. The molecule has 1 aliphatic rings. The Morgan fingerprint density at radius 3 is 2.79 bits per heavy atom. The average Bonchev–Trinajstić information content (AvgIpc) is 2.37. The first-order valence-corrected chi connectivity index (χ1v) is 8.40. The van der Waals surface area contributed by atoms with E-state index in [0.717, 1.165) is 0 Å². The van der Waals surface area contributed by atoms with Gasteiger partial charge in [0.05, 0.1) is 32.0 Å². The molecule has 1 unspecified atom stereocenters. The molecule has 1 rings (SSSR count). The molecule has 0 aliphatic carbocycles. The van der Waals surface area contributed by atoms with E-state index in [1.807, 2.05) is 11.8 Å². The largest absolute Gasteiger partial charge is 0.469 e. The number of nitrogens with zero attached hydrogens (tertiary/aromatic N) is 1. The fraction of sp³-hybridized carbons (Fsp3) is 0.917. The second-order valence-electron chi connectivity index (χ2n) is 4.73. The maximum absolute atomic E-state index is 11.6. The lowest BCUT2D eigenvalue weighted by Gasteiger charge is -2.32. The minimum atomic E-state index is -2.95. The van der Waals surface area contributed by atoms with Crippen LogP contribution in [0.25, 0.3) is 0 Å². The Kier molecular flexibility index (Phi) is 6.74. The van der Waals surface area contributed by atoms with Gasteiger partial charge in [-0.15, -0.1) is 0 Å². The van der Waals surface area contributed by atoms with E-state index in [9.17, 15) is 13.2 Å². The molecule has 1 fully saturated rings. The Hall–Kier alpha value is -0.660. The van der Waals surface area contributed by atoms with Crippen molar-refractivity contribution in [2.24, 2.45) is 0 Å². The molecule has 112 valence electrons. The number of ether oxygens (including phenoxy) is 2. The molecule has 19 heavy (non-hydrogen) atoms. The summed E-state index contributed by atoms with van der Waals surface area (Å²) in [4.78, 5) is 13.2. The third-order valence-electron chi connectivity index (χ3n) is 3.08. The molecule has 0 aromatic heterocycles. The van der Waals surface area contributed by atoms with Gasteiger partial charge in [-0.1, -0.05) is 6.92 Å². The van der Waals surface area contributed by atoms with E-state index in [-0.39, 0.29) is 30.0 Å². The molecule has 0 aromatic carbocycles. The monoisotopic (exact) mass is 293 g/mol. The van der Waals surface area contributed by atoms with Gasteiger partial charge in [-0.2, -0.15) is 0 Å². The summed E-state index contributed by atoms with van der Waals surface area (Å²) in [5.41, 5.74) is 0. The highest BCUT2D eigenvalue weighted by Crippen LogP contribution is 2.09. The van der Waals surface area contributed by atoms with Gasteiger partial charge in [0.1, 0.15) is 0 Å². The van der Waals surface area contributed by atoms with Crippen molar-refractivity contribution in [1.82, 2.24) is 4.90 Å². The summed E-state index contributed by atoms with van der Waals surface area (Å²) in [7, 11) is -1.60. The molecule has 1 saturated heterocycles. The smallest absolute Gasteiger partial charge is 0.308 e. The third kappa shape index (κ3) is 6.35. The van der Waals surface area contributed by atoms with Crippen LogP contribution in [0.4, 0.5) is 0 Å². The van der Waals surface area contributed by atoms with Gasteiger partial charge >= 0.3 is 5.97 Å². The minimum absolute atomic E-state index is 0.172. The molecule has 1 heterocycles. The number of methoxy groups -OCH3 is 1. The van der Waals surface area contributed by atoms with Crippen LogP contribution >= 0.6 is 0 Å². The Morgan fingerprint density at radius 2 is 2.16 bits per heavy atom. The minimum Gasteiger partial charge on any atom is -0.469 e. The van der Waals surface area contributed by atoms with E-state index in [4.69, 9.17) is 4.74 Å². The zero-order valence-electron chi connectivity index (χ0n) is 11.6. The van der Waals surface area contributed by atoms with E-state index in [0.29, 0.717) is 32.7 Å². The van der Waals surface area contributed by atoms with Crippen molar-refractivity contribution in [3.8, 4) is 0 Å². The number of hydrogen-bond donors (Lipinski definition) is 0. The zero-order valence-corrected chi connectivity index (χ0v) is 12.4. The fourth-order valence-electron chi connectivity index (χ4n) is 2.06. The number of esters is 1. The highest BCUT2D eigenvalue weighted by atomic mass is 32.2. The van der Waals surface area contributed by atoms with Crippen LogP contribution in [0.5, 0.6) is 0 Å². The zero-order chi connectivity index (χ0) is 14.3. The molecule has 1 atom stereocenters. The molecule has 0 bridgehead atoms. The summed E-state index contributed by atoms with van der Waals surface area (Å²) in [5, 5.41) is 0. The van der Waals surface area contributed by atoms with Crippen molar-refractivity contribution < 1.29 is 22.7 Å². The lowest BCUT2D eigenvalue weighted by molar-refractivity contribution is -0.145. The number of carbonyl (C=O) groups excluding carboxylic acids is 1. The van der Waals surface area contributed by atoms with E-state index in [2.05, 4.69) is 4.74 Å². The van der Waals surface area contributed by atoms with E-state index >= 15 is 0 Å². The maximum Gasteiger partial charge on any atom is 0.308 e. The van der Waals surface area contributed by atoms with Gasteiger partial charge in [-0.05, 0) is 6.42 Å². The number of morpholine rings is 1. The predicted molar refractivity (Wildman–Crippen MR) is 71.8 cm³/mol. The van der Waals surface area contributed by atoms with Gasteiger partial charge in [0.2, 0.25) is 0 Å². The van der Waals surface area contributed by atoms with Crippen LogP contribution in [0, 0.1) is 0 Å². The highest BCUT2D eigenvalue weighted by molar-refractivity contribution is 7.91. The Bertz CT molecular complexity index is 382. The summed E-state index contributed by atoms with van der Waals surface area (Å²) >= 11 is 0. The van der Waals surface area contributed by atoms with E-state index in [1.54, 1.807) is 0 Å². The molecular weight excluding hydrogens is 270 g/mol. The first-order valence-electron chi connectivity index (χ1n) is 6.58. The fourth-order valence-corrected chi connectivity index (χ4v) is 3.42.